The monoisotopic (exact) mass is 824 g/mol. The predicted molar refractivity (Wildman–Crippen MR) is 245 cm³/mol. The largest absolute Gasteiger partial charge is 0.544 e. The summed E-state index contributed by atoms with van der Waals surface area (Å²) in [5, 5.41) is 11.6. The molecule has 0 aromatic carbocycles. The highest BCUT2D eigenvalue weighted by molar-refractivity contribution is 5.70. The second kappa shape index (κ2) is 41.3. The Kier molecular flexibility index (Phi) is 38.8. The topological polar surface area (TPSA) is 102 Å². The van der Waals surface area contributed by atoms with E-state index in [1.54, 1.807) is 21.1 Å². The third-order valence-electron chi connectivity index (χ3n) is 9.78. The van der Waals surface area contributed by atoms with E-state index in [1.165, 1.54) is 25.7 Å². The molecule has 0 radical (unpaired) electrons. The summed E-state index contributed by atoms with van der Waals surface area (Å²) in [7, 11) is 5.39. The Hall–Kier alpha value is -3.49. The van der Waals surface area contributed by atoms with Crippen LogP contribution in [0, 0.1) is 0 Å². The first kappa shape index (κ1) is 55.5. The molecular weight excluding hydrogens is 739 g/mol. The van der Waals surface area contributed by atoms with Crippen LogP contribution in [0.4, 0.5) is 0 Å². The number of carboxylic acid groups (broad SMARTS) is 1. The average Bonchev–Trinajstić information content (AvgIpc) is 3.19. The third kappa shape index (κ3) is 39.7. The fraction of sp³-hybridized carbons (Fsp3) is 0.667. The number of carbonyl (C=O) groups excluding carboxylic acids is 3. The molecule has 0 fully saturated rings. The fourth-order valence-corrected chi connectivity index (χ4v) is 6.25. The number of nitrogens with zero attached hydrogens (tertiary/aromatic N) is 1. The first-order valence-corrected chi connectivity index (χ1v) is 23.1. The lowest BCUT2D eigenvalue weighted by Gasteiger charge is -2.34. The number of esters is 2. The first-order valence-electron chi connectivity index (χ1n) is 23.1. The van der Waals surface area contributed by atoms with Gasteiger partial charge in [0.25, 0.3) is 0 Å². The molecule has 0 aromatic heterocycles. The highest BCUT2D eigenvalue weighted by Crippen LogP contribution is 2.13. The van der Waals surface area contributed by atoms with Crippen molar-refractivity contribution in [2.75, 3.05) is 41.0 Å². The number of quaternary nitrogens is 1. The van der Waals surface area contributed by atoms with Gasteiger partial charge in [-0.15, -0.1) is 0 Å². The minimum atomic E-state index is -1.13. The molecule has 0 heterocycles. The summed E-state index contributed by atoms with van der Waals surface area (Å²) >= 11 is 0. The molecule has 0 aliphatic heterocycles. The first-order chi connectivity index (χ1) is 28.6. The standard InChI is InChI=1S/C51H85NO7/c1-6-8-10-12-14-16-18-20-22-24-25-26-28-30-32-34-36-38-40-42-50(54)59-47(45-57-44-43-48(51(55)56)52(3,4)5)46-58-49(53)41-39-37-35-33-31-29-27-23-21-19-17-15-13-11-9-7-2/h8-11,14-17,20-23,25-26,47-48H,6-7,12-13,18-19,24,27-46H2,1-5H3/b10-8+,11-9+,16-14+,17-15+,22-20+,23-21+,26-25+. The van der Waals surface area contributed by atoms with E-state index >= 15 is 0 Å². The molecule has 0 N–H and O–H groups in total. The fourth-order valence-electron chi connectivity index (χ4n) is 6.25. The molecule has 0 aliphatic rings. The Balaban J connectivity index is 4.38. The Morgan fingerprint density at radius 2 is 0.898 bits per heavy atom. The van der Waals surface area contributed by atoms with Gasteiger partial charge in [-0.3, -0.25) is 9.59 Å². The summed E-state index contributed by atoms with van der Waals surface area (Å²) in [6.45, 7) is 4.40. The van der Waals surface area contributed by atoms with Crippen molar-refractivity contribution in [3.8, 4) is 0 Å². The summed E-state index contributed by atoms with van der Waals surface area (Å²) in [5.41, 5.74) is 0. The lowest BCUT2D eigenvalue weighted by atomic mass is 10.1. The number of ether oxygens (including phenoxy) is 3. The van der Waals surface area contributed by atoms with E-state index in [2.05, 4.69) is 98.9 Å². The van der Waals surface area contributed by atoms with Crippen LogP contribution in [0.15, 0.2) is 85.1 Å². The van der Waals surface area contributed by atoms with Crippen molar-refractivity contribution < 1.29 is 38.2 Å². The molecule has 59 heavy (non-hydrogen) atoms. The molecule has 0 aliphatic carbocycles. The maximum absolute atomic E-state index is 12.7. The van der Waals surface area contributed by atoms with E-state index in [1.807, 2.05) is 0 Å². The number of unbranched alkanes of at least 4 members (excludes halogenated alkanes) is 12. The number of hydrogen-bond acceptors (Lipinski definition) is 7. The summed E-state index contributed by atoms with van der Waals surface area (Å²) in [5.74, 6) is -1.78. The molecule has 0 rings (SSSR count). The van der Waals surface area contributed by atoms with Gasteiger partial charge in [0, 0.05) is 19.3 Å². The number of aliphatic carboxylic acids is 1. The highest BCUT2D eigenvalue weighted by Gasteiger charge is 2.25. The van der Waals surface area contributed by atoms with Gasteiger partial charge in [-0.25, -0.2) is 0 Å². The number of hydrogen-bond donors (Lipinski definition) is 0. The molecule has 0 spiro atoms. The van der Waals surface area contributed by atoms with Gasteiger partial charge in [-0.2, -0.15) is 0 Å². The van der Waals surface area contributed by atoms with E-state index in [0.29, 0.717) is 12.8 Å². The van der Waals surface area contributed by atoms with Gasteiger partial charge in [0.15, 0.2) is 6.10 Å². The van der Waals surface area contributed by atoms with Crippen LogP contribution < -0.4 is 5.11 Å². The van der Waals surface area contributed by atoms with Crippen molar-refractivity contribution in [2.45, 2.75) is 180 Å². The maximum atomic E-state index is 12.7. The normalized spacial score (nSPS) is 13.7. The van der Waals surface area contributed by atoms with Crippen molar-refractivity contribution in [1.29, 1.82) is 0 Å². The van der Waals surface area contributed by atoms with Gasteiger partial charge < -0.3 is 28.6 Å². The molecule has 8 nitrogen and oxygen atoms in total. The van der Waals surface area contributed by atoms with Crippen LogP contribution >= 0.6 is 0 Å². The van der Waals surface area contributed by atoms with Crippen LogP contribution in [-0.2, 0) is 28.6 Å². The molecule has 2 unspecified atom stereocenters. The molecule has 336 valence electrons. The van der Waals surface area contributed by atoms with Crippen molar-refractivity contribution in [3.05, 3.63) is 85.1 Å². The van der Waals surface area contributed by atoms with E-state index < -0.39 is 18.1 Å². The lowest BCUT2D eigenvalue weighted by Crippen LogP contribution is -2.55. The Morgan fingerprint density at radius 1 is 0.508 bits per heavy atom. The number of rotatable bonds is 40. The van der Waals surface area contributed by atoms with Crippen LogP contribution in [0.5, 0.6) is 0 Å². The van der Waals surface area contributed by atoms with Crippen molar-refractivity contribution in [3.63, 3.8) is 0 Å². The zero-order chi connectivity index (χ0) is 43.5. The Bertz CT molecular complexity index is 1240. The smallest absolute Gasteiger partial charge is 0.306 e. The number of carbonyl (C=O) groups is 3. The Labute approximate surface area is 361 Å². The van der Waals surface area contributed by atoms with Crippen LogP contribution in [0.25, 0.3) is 0 Å². The SMILES string of the molecule is CC/C=C/C/C=C/C/C=C/C/C=C/CCCCCCCCC(=O)OC(COCCC(C(=O)[O-])[N+](C)(C)C)COC(=O)CCCCCCCC/C=C/C/C=C/C/C=C/CC. The zero-order valence-electron chi connectivity index (χ0n) is 38.1. The number of likely N-dealkylation sites (N-methyl/N-ethyl adjacent to an activating group) is 1. The van der Waals surface area contributed by atoms with E-state index in [9.17, 15) is 19.5 Å². The molecular formula is C51H85NO7. The predicted octanol–water partition coefficient (Wildman–Crippen LogP) is 11.6. The molecule has 0 aromatic rings. The molecule has 0 amide bonds. The molecule has 2 atom stereocenters. The summed E-state index contributed by atoms with van der Waals surface area (Å²) in [4.78, 5) is 36.9. The van der Waals surface area contributed by atoms with Crippen LogP contribution in [0.1, 0.15) is 168 Å². The van der Waals surface area contributed by atoms with Crippen molar-refractivity contribution >= 4 is 17.9 Å². The van der Waals surface area contributed by atoms with Gasteiger partial charge in [0.1, 0.15) is 12.6 Å². The maximum Gasteiger partial charge on any atom is 0.306 e. The summed E-state index contributed by atoms with van der Waals surface area (Å²) in [6.07, 6.45) is 53.2. The number of allylic oxidation sites excluding steroid dienone is 14. The van der Waals surface area contributed by atoms with Gasteiger partial charge in [0.05, 0.1) is 40.3 Å². The van der Waals surface area contributed by atoms with Crippen molar-refractivity contribution in [2.24, 2.45) is 0 Å². The minimum Gasteiger partial charge on any atom is -0.544 e. The summed E-state index contributed by atoms with van der Waals surface area (Å²) in [6, 6.07) is -0.735. The quantitative estimate of drug-likeness (QED) is 0.0262. The molecule has 0 saturated heterocycles. The van der Waals surface area contributed by atoms with Gasteiger partial charge in [-0.1, -0.05) is 150 Å². The molecule has 8 heteroatoms. The van der Waals surface area contributed by atoms with Crippen LogP contribution in [0.2, 0.25) is 0 Å². The van der Waals surface area contributed by atoms with Crippen LogP contribution in [0.3, 0.4) is 0 Å². The molecule has 0 bridgehead atoms. The van der Waals surface area contributed by atoms with Crippen LogP contribution in [-0.4, -0.2) is 75.5 Å². The number of carboxylic acids is 1. The van der Waals surface area contributed by atoms with E-state index in [0.717, 1.165) is 109 Å². The highest BCUT2D eigenvalue weighted by atomic mass is 16.6. The van der Waals surface area contributed by atoms with Gasteiger partial charge in [0.2, 0.25) is 0 Å². The second-order valence-electron chi connectivity index (χ2n) is 16.2. The van der Waals surface area contributed by atoms with Gasteiger partial charge >= 0.3 is 11.9 Å². The average molecular weight is 824 g/mol. The lowest BCUT2D eigenvalue weighted by molar-refractivity contribution is -0.889. The molecule has 0 saturated carbocycles. The minimum absolute atomic E-state index is 0.0255. The summed E-state index contributed by atoms with van der Waals surface area (Å²) < 4.78 is 17.2. The van der Waals surface area contributed by atoms with E-state index in [-0.39, 0.29) is 42.7 Å². The van der Waals surface area contributed by atoms with Gasteiger partial charge in [-0.05, 0) is 83.5 Å². The van der Waals surface area contributed by atoms with E-state index in [4.69, 9.17) is 14.2 Å². The Morgan fingerprint density at radius 3 is 1.32 bits per heavy atom. The second-order valence-corrected chi connectivity index (χ2v) is 16.2. The van der Waals surface area contributed by atoms with Crippen molar-refractivity contribution in [1.82, 2.24) is 0 Å². The third-order valence-corrected chi connectivity index (χ3v) is 9.78. The zero-order valence-corrected chi connectivity index (χ0v) is 38.1.